The Kier molecular flexibility index (Phi) is 7.08. The lowest BCUT2D eigenvalue weighted by Crippen LogP contribution is -2.48. The maximum Gasteiger partial charge on any atom is 0.253 e. The number of ether oxygens (including phenoxy) is 2. The molecule has 1 aromatic carbocycles. The molecule has 6 heteroatoms. The molecule has 2 fully saturated rings. The molecule has 4 rings (SSSR count). The standard InChI is InChI=1S/C24H32N2O3S/c1-18-14-25(15-19(2)29-18)16-20-8-10-26(11-9-20)24(27)21-5-3-6-22(13-21)28-17-23-7-4-12-30-23/h3-7,12-13,18-20H,8-11,14-17H2,1-2H3. The first-order chi connectivity index (χ1) is 14.6. The fraction of sp³-hybridized carbons (Fsp3) is 0.542. The van der Waals surface area contributed by atoms with E-state index >= 15 is 0 Å². The predicted octanol–water partition coefficient (Wildman–Crippen LogP) is 4.29. The lowest BCUT2D eigenvalue weighted by molar-refractivity contribution is -0.0728. The minimum atomic E-state index is 0.114. The van der Waals surface area contributed by atoms with Crippen molar-refractivity contribution >= 4 is 17.2 Å². The summed E-state index contributed by atoms with van der Waals surface area (Å²) in [5.74, 6) is 1.52. The van der Waals surface area contributed by atoms with Crippen LogP contribution in [0.1, 0.15) is 41.9 Å². The second-order valence-corrected chi connectivity index (χ2v) is 9.64. The lowest BCUT2D eigenvalue weighted by Gasteiger charge is -2.39. The zero-order valence-electron chi connectivity index (χ0n) is 18.0. The fourth-order valence-electron chi connectivity index (χ4n) is 4.57. The Hall–Kier alpha value is -1.89. The van der Waals surface area contributed by atoms with Crippen LogP contribution < -0.4 is 4.74 Å². The van der Waals surface area contributed by atoms with E-state index in [1.54, 1.807) is 11.3 Å². The van der Waals surface area contributed by atoms with Gasteiger partial charge in [0.25, 0.3) is 5.91 Å². The smallest absolute Gasteiger partial charge is 0.253 e. The molecule has 2 aliphatic heterocycles. The summed E-state index contributed by atoms with van der Waals surface area (Å²) in [5.41, 5.74) is 0.716. The summed E-state index contributed by atoms with van der Waals surface area (Å²) < 4.78 is 11.7. The maximum absolute atomic E-state index is 13.0. The van der Waals surface area contributed by atoms with E-state index in [-0.39, 0.29) is 5.91 Å². The number of hydrogen-bond acceptors (Lipinski definition) is 5. The number of carbonyl (C=O) groups excluding carboxylic acids is 1. The highest BCUT2D eigenvalue weighted by atomic mass is 32.1. The number of thiophene rings is 1. The van der Waals surface area contributed by atoms with Gasteiger partial charge in [0.2, 0.25) is 0 Å². The number of benzene rings is 1. The summed E-state index contributed by atoms with van der Waals surface area (Å²) in [6.45, 7) is 9.66. The summed E-state index contributed by atoms with van der Waals surface area (Å²) in [5, 5.41) is 2.04. The highest BCUT2D eigenvalue weighted by Gasteiger charge is 2.28. The Morgan fingerprint density at radius 1 is 1.13 bits per heavy atom. The number of morpholine rings is 1. The molecule has 2 aliphatic rings. The topological polar surface area (TPSA) is 42.0 Å². The lowest BCUT2D eigenvalue weighted by atomic mass is 9.95. The molecule has 2 aromatic rings. The molecule has 1 amide bonds. The first-order valence-electron chi connectivity index (χ1n) is 11.0. The molecule has 0 aliphatic carbocycles. The molecule has 0 bridgehead atoms. The van der Waals surface area contributed by atoms with E-state index in [0.29, 0.717) is 30.3 Å². The van der Waals surface area contributed by atoms with Gasteiger partial charge in [-0.2, -0.15) is 0 Å². The third kappa shape index (κ3) is 5.62. The summed E-state index contributed by atoms with van der Waals surface area (Å²) in [6, 6.07) is 11.7. The molecule has 2 saturated heterocycles. The van der Waals surface area contributed by atoms with Gasteiger partial charge in [-0.15, -0.1) is 11.3 Å². The van der Waals surface area contributed by atoms with E-state index in [0.717, 1.165) is 51.3 Å². The van der Waals surface area contributed by atoms with Crippen LogP contribution in [-0.4, -0.2) is 60.6 Å². The number of nitrogens with zero attached hydrogens (tertiary/aromatic N) is 2. The number of amides is 1. The molecule has 1 aromatic heterocycles. The molecule has 0 N–H and O–H groups in total. The van der Waals surface area contributed by atoms with E-state index in [2.05, 4.69) is 24.8 Å². The number of likely N-dealkylation sites (tertiary alicyclic amines) is 1. The summed E-state index contributed by atoms with van der Waals surface area (Å²) in [7, 11) is 0. The van der Waals surface area contributed by atoms with Gasteiger partial charge >= 0.3 is 0 Å². The van der Waals surface area contributed by atoms with Crippen LogP contribution >= 0.6 is 11.3 Å². The van der Waals surface area contributed by atoms with E-state index < -0.39 is 0 Å². The third-order valence-electron chi connectivity index (χ3n) is 5.96. The van der Waals surface area contributed by atoms with Gasteiger partial charge < -0.3 is 14.4 Å². The van der Waals surface area contributed by atoms with Crippen LogP contribution in [0.15, 0.2) is 41.8 Å². The van der Waals surface area contributed by atoms with E-state index in [9.17, 15) is 4.79 Å². The quantitative estimate of drug-likeness (QED) is 0.688. The van der Waals surface area contributed by atoms with Crippen molar-refractivity contribution in [1.82, 2.24) is 9.80 Å². The van der Waals surface area contributed by atoms with Gasteiger partial charge in [-0.3, -0.25) is 9.69 Å². The molecular formula is C24H32N2O3S. The zero-order chi connectivity index (χ0) is 20.9. The largest absolute Gasteiger partial charge is 0.488 e. The zero-order valence-corrected chi connectivity index (χ0v) is 18.8. The number of carbonyl (C=O) groups is 1. The van der Waals surface area contributed by atoms with Crippen molar-refractivity contribution in [3.05, 3.63) is 52.2 Å². The molecule has 0 saturated carbocycles. The number of piperidine rings is 1. The average Bonchev–Trinajstić information content (AvgIpc) is 3.25. The molecule has 0 radical (unpaired) electrons. The van der Waals surface area contributed by atoms with Crippen molar-refractivity contribution in [2.24, 2.45) is 5.92 Å². The predicted molar refractivity (Wildman–Crippen MR) is 120 cm³/mol. The normalized spacial score (nSPS) is 23.5. The van der Waals surface area contributed by atoms with Crippen molar-refractivity contribution in [2.75, 3.05) is 32.7 Å². The Morgan fingerprint density at radius 3 is 2.60 bits per heavy atom. The molecule has 3 heterocycles. The summed E-state index contributed by atoms with van der Waals surface area (Å²) >= 11 is 1.68. The van der Waals surface area contributed by atoms with Crippen molar-refractivity contribution in [3.8, 4) is 5.75 Å². The third-order valence-corrected chi connectivity index (χ3v) is 6.81. The first-order valence-corrected chi connectivity index (χ1v) is 11.9. The van der Waals surface area contributed by atoms with Crippen LogP contribution in [0.5, 0.6) is 5.75 Å². The Bertz CT molecular complexity index is 808. The van der Waals surface area contributed by atoms with E-state index in [1.807, 2.05) is 40.6 Å². The van der Waals surface area contributed by atoms with Gasteiger partial charge in [-0.25, -0.2) is 0 Å². The summed E-state index contributed by atoms with van der Waals surface area (Å²) in [6.07, 6.45) is 2.76. The number of rotatable bonds is 6. The van der Waals surface area contributed by atoms with E-state index in [4.69, 9.17) is 9.47 Å². The molecule has 2 unspecified atom stereocenters. The van der Waals surface area contributed by atoms with Crippen LogP contribution in [0.2, 0.25) is 0 Å². The molecule has 2 atom stereocenters. The average molecular weight is 429 g/mol. The second-order valence-electron chi connectivity index (χ2n) is 8.61. The highest BCUT2D eigenvalue weighted by molar-refractivity contribution is 7.09. The van der Waals surface area contributed by atoms with Gasteiger partial charge in [0, 0.05) is 43.2 Å². The van der Waals surface area contributed by atoms with Crippen molar-refractivity contribution in [3.63, 3.8) is 0 Å². The van der Waals surface area contributed by atoms with Crippen molar-refractivity contribution in [2.45, 2.75) is 45.5 Å². The minimum absolute atomic E-state index is 0.114. The van der Waals surface area contributed by atoms with Crippen LogP contribution in [0.3, 0.4) is 0 Å². The van der Waals surface area contributed by atoms with Crippen LogP contribution in [0.25, 0.3) is 0 Å². The summed E-state index contributed by atoms with van der Waals surface area (Å²) in [4.78, 5) is 18.7. The fourth-order valence-corrected chi connectivity index (χ4v) is 5.18. The van der Waals surface area contributed by atoms with E-state index in [1.165, 1.54) is 4.88 Å². The second kappa shape index (κ2) is 9.94. The molecule has 0 spiro atoms. The molecule has 5 nitrogen and oxygen atoms in total. The number of hydrogen-bond donors (Lipinski definition) is 0. The Balaban J connectivity index is 1.27. The van der Waals surface area contributed by atoms with Crippen LogP contribution in [0, 0.1) is 5.92 Å². The SMILES string of the molecule is CC1CN(CC2CCN(C(=O)c3cccc(OCc4cccs4)c3)CC2)CC(C)O1. The van der Waals surface area contributed by atoms with Gasteiger partial charge in [0.1, 0.15) is 12.4 Å². The van der Waals surface area contributed by atoms with Gasteiger partial charge in [-0.1, -0.05) is 12.1 Å². The minimum Gasteiger partial charge on any atom is -0.488 e. The van der Waals surface area contributed by atoms with Crippen LogP contribution in [-0.2, 0) is 11.3 Å². The van der Waals surface area contributed by atoms with Gasteiger partial charge in [0.15, 0.2) is 0 Å². The Morgan fingerprint density at radius 2 is 1.90 bits per heavy atom. The molecule has 30 heavy (non-hydrogen) atoms. The van der Waals surface area contributed by atoms with Gasteiger partial charge in [0.05, 0.1) is 12.2 Å². The molecular weight excluding hydrogens is 396 g/mol. The maximum atomic E-state index is 13.0. The highest BCUT2D eigenvalue weighted by Crippen LogP contribution is 2.23. The van der Waals surface area contributed by atoms with Gasteiger partial charge in [-0.05, 0) is 62.3 Å². The van der Waals surface area contributed by atoms with Crippen molar-refractivity contribution in [1.29, 1.82) is 0 Å². The van der Waals surface area contributed by atoms with Crippen LogP contribution in [0.4, 0.5) is 0 Å². The first kappa shape index (κ1) is 21.3. The Labute approximate surface area is 183 Å². The van der Waals surface area contributed by atoms with Crippen molar-refractivity contribution < 1.29 is 14.3 Å². The monoisotopic (exact) mass is 428 g/mol. The molecule has 162 valence electrons.